The minimum atomic E-state index is -4.33. The number of nitrogens with one attached hydrogen (secondary N) is 1. The topological polar surface area (TPSA) is 137 Å². The molecule has 0 fully saturated rings. The molecule has 0 radical (unpaired) electrons. The van der Waals surface area contributed by atoms with Gasteiger partial charge < -0.3 is 25.2 Å². The van der Waals surface area contributed by atoms with E-state index in [9.17, 15) is 26.4 Å². The first-order valence-corrected chi connectivity index (χ1v) is 21.5. The van der Waals surface area contributed by atoms with Crippen LogP contribution in [0.3, 0.4) is 0 Å². The van der Waals surface area contributed by atoms with Crippen LogP contribution in [0.2, 0.25) is 0 Å². The summed E-state index contributed by atoms with van der Waals surface area (Å²) in [5.41, 5.74) is 1.86. The van der Waals surface area contributed by atoms with Gasteiger partial charge in [-0.05, 0) is 91.5 Å². The monoisotopic (exact) mass is 910 g/mol. The summed E-state index contributed by atoms with van der Waals surface area (Å²) in [5.74, 6) is 0.406. The van der Waals surface area contributed by atoms with Crippen molar-refractivity contribution >= 4 is 39.3 Å². The van der Waals surface area contributed by atoms with Gasteiger partial charge in [0.2, 0.25) is 0 Å². The first kappa shape index (κ1) is 53.9. The summed E-state index contributed by atoms with van der Waals surface area (Å²) in [6, 6.07) is 46.7. The number of hydrogen-bond acceptors (Lipinski definition) is 7. The molecule has 0 spiro atoms. The lowest BCUT2D eigenvalue weighted by molar-refractivity contribution is -0.168. The van der Waals surface area contributed by atoms with Gasteiger partial charge in [0.05, 0.1) is 10.5 Å². The van der Waals surface area contributed by atoms with Gasteiger partial charge in [0.25, 0.3) is 10.1 Å². The Morgan fingerprint density at radius 2 is 1.30 bits per heavy atom. The number of ether oxygens (including phenoxy) is 2. The SMILES string of the molecule is CCC(=O)O[C@](Cc1ccccc1)(c1ccccc1)[C@H](C)CN(C)C.CNCCC(Oc1ccc(C(F)(F)F)cc1)c1ccccc1.Cl.O.O=S(=O)(O)c1ccc2ccccc2c1. The van der Waals surface area contributed by atoms with Crippen LogP contribution >= 0.6 is 12.4 Å². The predicted molar refractivity (Wildman–Crippen MR) is 247 cm³/mol. The van der Waals surface area contributed by atoms with E-state index in [-0.39, 0.29) is 40.8 Å². The van der Waals surface area contributed by atoms with Crippen molar-refractivity contribution in [3.8, 4) is 5.75 Å². The summed E-state index contributed by atoms with van der Waals surface area (Å²) in [6.45, 7) is 5.59. The van der Waals surface area contributed by atoms with Gasteiger partial charge in [-0.25, -0.2) is 0 Å². The molecule has 3 atom stereocenters. The van der Waals surface area contributed by atoms with Crippen molar-refractivity contribution in [3.05, 3.63) is 180 Å². The largest absolute Gasteiger partial charge is 0.486 e. The predicted octanol–water partition coefficient (Wildman–Crippen LogP) is 10.4. The van der Waals surface area contributed by atoms with Crippen LogP contribution < -0.4 is 10.1 Å². The minimum absolute atomic E-state index is 0. The summed E-state index contributed by atoms with van der Waals surface area (Å²) >= 11 is 0. The average Bonchev–Trinajstić information content (AvgIpc) is 3.25. The third-order valence-corrected chi connectivity index (χ3v) is 10.7. The van der Waals surface area contributed by atoms with Crippen molar-refractivity contribution in [1.82, 2.24) is 10.2 Å². The molecule has 0 aliphatic rings. The molecule has 0 amide bonds. The van der Waals surface area contributed by atoms with E-state index in [4.69, 9.17) is 14.0 Å². The van der Waals surface area contributed by atoms with Crippen LogP contribution in [-0.2, 0) is 37.8 Å². The highest BCUT2D eigenvalue weighted by molar-refractivity contribution is 7.85. The normalized spacial score (nSPS) is 13.0. The number of carbonyl (C=O) groups is 1. The van der Waals surface area contributed by atoms with Crippen LogP contribution in [0.15, 0.2) is 163 Å². The molecule has 0 aliphatic carbocycles. The van der Waals surface area contributed by atoms with E-state index in [2.05, 4.69) is 55.5 Å². The molecule has 6 aromatic carbocycles. The molecular formula is C49H58ClF3N2O7S. The molecule has 0 bridgehead atoms. The first-order valence-electron chi connectivity index (χ1n) is 20.0. The Labute approximate surface area is 375 Å². The molecule has 0 saturated heterocycles. The van der Waals surface area contributed by atoms with Crippen LogP contribution in [0.5, 0.6) is 5.75 Å². The van der Waals surface area contributed by atoms with E-state index in [0.29, 0.717) is 18.6 Å². The van der Waals surface area contributed by atoms with Gasteiger partial charge in [0.15, 0.2) is 0 Å². The van der Waals surface area contributed by atoms with Crippen molar-refractivity contribution in [1.29, 1.82) is 0 Å². The van der Waals surface area contributed by atoms with Crippen molar-refractivity contribution < 1.29 is 45.9 Å². The van der Waals surface area contributed by atoms with Crippen LogP contribution in [0.1, 0.15) is 55.0 Å². The quantitative estimate of drug-likeness (QED) is 0.0768. The van der Waals surface area contributed by atoms with Crippen molar-refractivity contribution in [2.75, 3.05) is 34.2 Å². The molecule has 0 aromatic heterocycles. The van der Waals surface area contributed by atoms with Crippen molar-refractivity contribution in [2.45, 2.75) is 55.9 Å². The Morgan fingerprint density at radius 1 is 0.762 bits per heavy atom. The maximum Gasteiger partial charge on any atom is 0.416 e. The lowest BCUT2D eigenvalue weighted by Crippen LogP contribution is -2.44. The van der Waals surface area contributed by atoms with Crippen LogP contribution in [0.4, 0.5) is 13.2 Å². The number of alkyl halides is 3. The zero-order valence-corrected chi connectivity index (χ0v) is 37.7. The Balaban J connectivity index is 0.000000331. The minimum Gasteiger partial charge on any atom is -0.486 e. The molecular weight excluding hydrogens is 853 g/mol. The Morgan fingerprint density at radius 3 is 1.83 bits per heavy atom. The second-order valence-corrected chi connectivity index (χ2v) is 16.2. The van der Waals surface area contributed by atoms with Gasteiger partial charge in [-0.3, -0.25) is 9.35 Å². The third-order valence-electron chi connectivity index (χ3n) is 9.90. The van der Waals surface area contributed by atoms with E-state index in [0.717, 1.165) is 53.5 Å². The zero-order valence-electron chi connectivity index (χ0n) is 36.1. The van der Waals surface area contributed by atoms with Crippen LogP contribution in [0, 0.1) is 5.92 Å². The second kappa shape index (κ2) is 25.7. The maximum absolute atomic E-state index is 12.6. The highest BCUT2D eigenvalue weighted by Crippen LogP contribution is 2.38. The van der Waals surface area contributed by atoms with Gasteiger partial charge in [-0.2, -0.15) is 21.6 Å². The number of rotatable bonds is 15. The zero-order chi connectivity index (χ0) is 44.5. The Kier molecular flexibility index (Phi) is 22.0. The average molecular weight is 912 g/mol. The van der Waals surface area contributed by atoms with Gasteiger partial charge in [0, 0.05) is 31.7 Å². The number of fused-ring (bicyclic) bond motifs is 1. The van der Waals surface area contributed by atoms with Crippen LogP contribution in [0.25, 0.3) is 10.8 Å². The molecule has 0 heterocycles. The number of benzene rings is 6. The molecule has 14 heteroatoms. The van der Waals surface area contributed by atoms with Gasteiger partial charge in [-0.15, -0.1) is 12.4 Å². The van der Waals surface area contributed by atoms with E-state index in [1.807, 2.05) is 98.9 Å². The second-order valence-electron chi connectivity index (χ2n) is 14.8. The summed E-state index contributed by atoms with van der Waals surface area (Å²) in [6.07, 6.45) is -2.77. The van der Waals surface area contributed by atoms with Gasteiger partial charge >= 0.3 is 12.1 Å². The first-order chi connectivity index (χ1) is 29.1. The van der Waals surface area contributed by atoms with Gasteiger partial charge in [0.1, 0.15) is 17.5 Å². The summed E-state index contributed by atoms with van der Waals surface area (Å²) in [4.78, 5) is 14.4. The lowest BCUT2D eigenvalue weighted by atomic mass is 9.77. The fourth-order valence-electron chi connectivity index (χ4n) is 6.80. The molecule has 0 aliphatic heterocycles. The maximum atomic E-state index is 12.6. The number of carbonyl (C=O) groups excluding carboxylic acids is 1. The number of nitrogens with zero attached hydrogens (tertiary/aromatic N) is 1. The van der Waals surface area contributed by atoms with Crippen molar-refractivity contribution in [2.24, 2.45) is 5.92 Å². The molecule has 6 aromatic rings. The summed E-state index contributed by atoms with van der Waals surface area (Å²) < 4.78 is 80.2. The number of hydrogen-bond donors (Lipinski definition) is 2. The molecule has 63 heavy (non-hydrogen) atoms. The number of halogens is 4. The van der Waals surface area contributed by atoms with E-state index in [1.165, 1.54) is 29.8 Å². The fourth-order valence-corrected chi connectivity index (χ4v) is 7.31. The van der Waals surface area contributed by atoms with Crippen LogP contribution in [-0.4, -0.2) is 63.5 Å². The molecule has 340 valence electrons. The summed E-state index contributed by atoms with van der Waals surface area (Å²) in [5, 5.41) is 4.79. The fraction of sp³-hybridized carbons (Fsp3) is 0.286. The van der Waals surface area contributed by atoms with Crippen molar-refractivity contribution in [3.63, 3.8) is 0 Å². The van der Waals surface area contributed by atoms with E-state index < -0.39 is 27.5 Å². The van der Waals surface area contributed by atoms with E-state index in [1.54, 1.807) is 12.1 Å². The lowest BCUT2D eigenvalue weighted by Gasteiger charge is -2.40. The highest BCUT2D eigenvalue weighted by Gasteiger charge is 2.42. The molecule has 4 N–H and O–H groups in total. The smallest absolute Gasteiger partial charge is 0.416 e. The van der Waals surface area contributed by atoms with Gasteiger partial charge in [-0.1, -0.05) is 135 Å². The highest BCUT2D eigenvalue weighted by atomic mass is 35.5. The third kappa shape index (κ3) is 16.7. The number of esters is 1. The molecule has 1 unspecified atom stereocenters. The standard InChI is InChI=1S/C22H29NO2.C17H18F3NO.C10H8O3S.ClH.H2O/c1-5-21(24)25-22(18(2)17-23(3)4,20-14-10-7-11-15-20)16-19-12-8-6-9-13-19;1-21-12-11-16(13-5-3-2-4-6-13)22-15-9-7-14(8-10-15)17(18,19)20;11-14(12,13)10-6-5-8-3-1-2-4-9(8)7-10;;/h6-15,18H,5,16-17H2,1-4H3;2-10,16,21H,11-12H2,1H3;1-7H,(H,11,12,13);1H;1H2/t18-,22+;;;;/m1..../s1. The molecule has 9 nitrogen and oxygen atoms in total. The molecule has 0 saturated carbocycles. The van der Waals surface area contributed by atoms with E-state index >= 15 is 0 Å². The Bertz CT molecular complexity index is 2340. The Hall–Kier alpha value is -5.28. The molecule has 6 rings (SSSR count). The summed E-state index contributed by atoms with van der Waals surface area (Å²) in [7, 11) is 1.86.